The molecule has 0 aliphatic carbocycles. The molecule has 0 spiro atoms. The molecule has 1 aromatic heterocycles. The number of carbonyl (C=O) groups excluding carboxylic acids is 1. The van der Waals surface area contributed by atoms with Gasteiger partial charge in [-0.15, -0.1) is 11.3 Å². The Morgan fingerprint density at radius 3 is 2.55 bits per heavy atom. The molecule has 0 aliphatic rings. The van der Waals surface area contributed by atoms with E-state index >= 15 is 0 Å². The van der Waals surface area contributed by atoms with E-state index in [1.54, 1.807) is 11.8 Å². The zero-order valence-corrected chi connectivity index (χ0v) is 13.1. The predicted molar refractivity (Wildman–Crippen MR) is 78.2 cm³/mol. The highest BCUT2D eigenvalue weighted by Crippen LogP contribution is 2.17. The van der Waals surface area contributed by atoms with E-state index < -0.39 is 5.97 Å². The molecule has 0 radical (unpaired) electrons. The van der Waals surface area contributed by atoms with Crippen LogP contribution in [-0.4, -0.2) is 39.6 Å². The Balaban J connectivity index is 2.64. The van der Waals surface area contributed by atoms with E-state index in [4.69, 9.17) is 5.11 Å². The van der Waals surface area contributed by atoms with Crippen LogP contribution in [0.2, 0.25) is 0 Å². The normalized spacial score (nSPS) is 10.7. The number of carboxylic acid groups (broad SMARTS) is 1. The fourth-order valence-electron chi connectivity index (χ4n) is 1.81. The van der Waals surface area contributed by atoms with E-state index in [2.05, 4.69) is 10.3 Å². The second-order valence-corrected chi connectivity index (χ2v) is 5.86. The van der Waals surface area contributed by atoms with Gasteiger partial charge in [-0.1, -0.05) is 6.92 Å². The van der Waals surface area contributed by atoms with Crippen LogP contribution in [0.4, 0.5) is 4.79 Å². The Morgan fingerprint density at radius 1 is 1.45 bits per heavy atom. The third-order valence-electron chi connectivity index (χ3n) is 2.77. The summed E-state index contributed by atoms with van der Waals surface area (Å²) in [4.78, 5) is 29.1. The average molecular weight is 299 g/mol. The minimum atomic E-state index is -0.979. The number of carbonyl (C=O) groups is 2. The van der Waals surface area contributed by atoms with E-state index in [1.807, 2.05) is 20.8 Å². The molecule has 20 heavy (non-hydrogen) atoms. The van der Waals surface area contributed by atoms with Crippen molar-refractivity contribution in [1.82, 2.24) is 15.2 Å². The molecule has 0 aliphatic heterocycles. The predicted octanol–water partition coefficient (Wildman–Crippen LogP) is 2.48. The number of rotatable bonds is 6. The number of thiazole rings is 1. The van der Waals surface area contributed by atoms with Gasteiger partial charge in [-0.05, 0) is 27.2 Å². The number of aryl methyl sites for hydroxylation is 1. The van der Waals surface area contributed by atoms with Gasteiger partial charge in [-0.3, -0.25) is 0 Å². The number of hydrogen-bond donors (Lipinski definition) is 2. The molecule has 7 heteroatoms. The number of nitrogens with one attached hydrogen (secondary N) is 1. The van der Waals surface area contributed by atoms with Crippen LogP contribution in [0.3, 0.4) is 0 Å². The first kappa shape index (κ1) is 16.4. The molecule has 112 valence electrons. The summed E-state index contributed by atoms with van der Waals surface area (Å²) in [5.41, 5.74) is 0.487. The molecule has 1 rings (SSSR count). The summed E-state index contributed by atoms with van der Waals surface area (Å²) in [5.74, 6) is -0.979. The molecule has 0 fully saturated rings. The van der Waals surface area contributed by atoms with Crippen molar-refractivity contribution in [2.45, 2.75) is 46.7 Å². The maximum atomic E-state index is 12.0. The monoisotopic (exact) mass is 299 g/mol. The molecule has 1 heterocycles. The van der Waals surface area contributed by atoms with Gasteiger partial charge in [0.15, 0.2) is 0 Å². The summed E-state index contributed by atoms with van der Waals surface area (Å²) in [6, 6.07) is -0.0193. The quantitative estimate of drug-likeness (QED) is 0.845. The van der Waals surface area contributed by atoms with Crippen molar-refractivity contribution < 1.29 is 14.7 Å². The molecule has 0 aromatic carbocycles. The summed E-state index contributed by atoms with van der Waals surface area (Å²) >= 11 is 1.10. The number of aromatic nitrogens is 1. The van der Waals surface area contributed by atoms with Crippen molar-refractivity contribution in [3.05, 3.63) is 15.6 Å². The maximum absolute atomic E-state index is 12.0. The molecular formula is C13H21N3O3S. The van der Waals surface area contributed by atoms with Gasteiger partial charge in [0.2, 0.25) is 0 Å². The smallest absolute Gasteiger partial charge is 0.347 e. The van der Waals surface area contributed by atoms with E-state index in [0.29, 0.717) is 17.2 Å². The summed E-state index contributed by atoms with van der Waals surface area (Å²) in [7, 11) is 0. The SMILES string of the molecule is CCCN(C(=O)NCc1nc(C)c(C(=O)O)s1)C(C)C. The Morgan fingerprint density at radius 2 is 2.10 bits per heavy atom. The Hall–Kier alpha value is -1.63. The van der Waals surface area contributed by atoms with E-state index in [9.17, 15) is 9.59 Å². The third-order valence-corrected chi connectivity index (χ3v) is 3.92. The lowest BCUT2D eigenvalue weighted by atomic mass is 10.3. The standard InChI is InChI=1S/C13H21N3O3S/c1-5-6-16(8(2)3)13(19)14-7-10-15-9(4)11(20-10)12(17)18/h8H,5-7H2,1-4H3,(H,14,19)(H,17,18). The molecule has 2 amide bonds. The highest BCUT2D eigenvalue weighted by Gasteiger charge is 2.17. The Kier molecular flexibility index (Phi) is 5.94. The lowest BCUT2D eigenvalue weighted by Crippen LogP contribution is -2.44. The molecule has 2 N–H and O–H groups in total. The minimum absolute atomic E-state index is 0.127. The van der Waals surface area contributed by atoms with Crippen LogP contribution < -0.4 is 5.32 Å². The number of hydrogen-bond acceptors (Lipinski definition) is 4. The van der Waals surface area contributed by atoms with E-state index in [-0.39, 0.29) is 23.5 Å². The fraction of sp³-hybridized carbons (Fsp3) is 0.615. The average Bonchev–Trinajstić information content (AvgIpc) is 2.74. The molecule has 0 bridgehead atoms. The van der Waals surface area contributed by atoms with Gasteiger partial charge in [0, 0.05) is 12.6 Å². The van der Waals surface area contributed by atoms with Gasteiger partial charge in [0.25, 0.3) is 0 Å². The van der Waals surface area contributed by atoms with Crippen LogP contribution in [0.25, 0.3) is 0 Å². The minimum Gasteiger partial charge on any atom is -0.477 e. The lowest BCUT2D eigenvalue weighted by Gasteiger charge is -2.26. The van der Waals surface area contributed by atoms with Gasteiger partial charge in [-0.25, -0.2) is 14.6 Å². The van der Waals surface area contributed by atoms with E-state index in [1.165, 1.54) is 0 Å². The summed E-state index contributed by atoms with van der Waals surface area (Å²) < 4.78 is 0. The highest BCUT2D eigenvalue weighted by atomic mass is 32.1. The Labute approximate surface area is 122 Å². The van der Waals surface area contributed by atoms with Crippen molar-refractivity contribution in [3.63, 3.8) is 0 Å². The van der Waals surface area contributed by atoms with Crippen LogP contribution in [0.5, 0.6) is 0 Å². The van der Waals surface area contributed by atoms with Crippen LogP contribution in [0, 0.1) is 6.92 Å². The third kappa shape index (κ3) is 4.19. The Bertz CT molecular complexity index is 485. The van der Waals surface area contributed by atoms with Gasteiger partial charge in [-0.2, -0.15) is 0 Å². The largest absolute Gasteiger partial charge is 0.477 e. The van der Waals surface area contributed by atoms with Crippen molar-refractivity contribution in [2.24, 2.45) is 0 Å². The number of aromatic carboxylic acids is 1. The summed E-state index contributed by atoms with van der Waals surface area (Å²) in [6.07, 6.45) is 0.894. The number of urea groups is 1. The number of amides is 2. The van der Waals surface area contributed by atoms with E-state index in [0.717, 1.165) is 17.8 Å². The zero-order chi connectivity index (χ0) is 15.3. The second-order valence-electron chi connectivity index (χ2n) is 4.77. The van der Waals surface area contributed by atoms with Gasteiger partial charge in [0.1, 0.15) is 9.88 Å². The van der Waals surface area contributed by atoms with Crippen molar-refractivity contribution in [2.75, 3.05) is 6.54 Å². The number of carboxylic acids is 1. The lowest BCUT2D eigenvalue weighted by molar-refractivity contribution is 0.0701. The van der Waals surface area contributed by atoms with Crippen LogP contribution in [0.1, 0.15) is 47.6 Å². The first-order valence-electron chi connectivity index (χ1n) is 6.60. The molecule has 1 aromatic rings. The van der Waals surface area contributed by atoms with Gasteiger partial charge >= 0.3 is 12.0 Å². The number of nitrogens with zero attached hydrogens (tertiary/aromatic N) is 2. The molecule has 0 atom stereocenters. The molecule has 0 saturated carbocycles. The maximum Gasteiger partial charge on any atom is 0.347 e. The highest BCUT2D eigenvalue weighted by molar-refractivity contribution is 7.13. The van der Waals surface area contributed by atoms with Crippen molar-refractivity contribution in [3.8, 4) is 0 Å². The topological polar surface area (TPSA) is 82.5 Å². The van der Waals surface area contributed by atoms with Crippen LogP contribution >= 0.6 is 11.3 Å². The summed E-state index contributed by atoms with van der Waals surface area (Å²) in [6.45, 7) is 8.55. The van der Waals surface area contributed by atoms with Crippen molar-refractivity contribution >= 4 is 23.3 Å². The first-order chi connectivity index (χ1) is 9.36. The first-order valence-corrected chi connectivity index (χ1v) is 7.42. The second kappa shape index (κ2) is 7.23. The van der Waals surface area contributed by atoms with Crippen molar-refractivity contribution in [1.29, 1.82) is 0 Å². The van der Waals surface area contributed by atoms with Crippen LogP contribution in [0.15, 0.2) is 0 Å². The van der Waals surface area contributed by atoms with Crippen LogP contribution in [-0.2, 0) is 6.54 Å². The summed E-state index contributed by atoms with van der Waals surface area (Å²) in [5, 5.41) is 12.4. The zero-order valence-electron chi connectivity index (χ0n) is 12.3. The molecule has 0 unspecified atom stereocenters. The fourth-order valence-corrected chi connectivity index (χ4v) is 2.66. The van der Waals surface area contributed by atoms with Gasteiger partial charge in [0.05, 0.1) is 12.2 Å². The molecule has 0 saturated heterocycles. The van der Waals surface area contributed by atoms with Gasteiger partial charge < -0.3 is 15.3 Å². The molecular weight excluding hydrogens is 278 g/mol. The molecule has 6 nitrogen and oxygen atoms in total.